The molecule has 2 aromatic heterocycles. The molecule has 0 bridgehead atoms. The predicted molar refractivity (Wildman–Crippen MR) is 76.0 cm³/mol. The molecule has 1 unspecified atom stereocenters. The summed E-state index contributed by atoms with van der Waals surface area (Å²) in [6, 6.07) is 2.44. The third-order valence-corrected chi connectivity index (χ3v) is 3.39. The van der Waals surface area contributed by atoms with E-state index in [2.05, 4.69) is 46.3 Å². The van der Waals surface area contributed by atoms with Gasteiger partial charge in [-0.15, -0.1) is 0 Å². The van der Waals surface area contributed by atoms with Crippen LogP contribution in [0, 0.1) is 6.92 Å². The van der Waals surface area contributed by atoms with Gasteiger partial charge in [-0.05, 0) is 45.9 Å². The minimum atomic E-state index is 0.274. The molecule has 5 nitrogen and oxygen atoms in total. The highest BCUT2D eigenvalue weighted by molar-refractivity contribution is 5.17. The normalized spacial score (nSPS) is 12.8. The second-order valence-electron chi connectivity index (χ2n) is 4.78. The molecule has 0 fully saturated rings. The van der Waals surface area contributed by atoms with E-state index >= 15 is 0 Å². The fourth-order valence-electron chi connectivity index (χ4n) is 2.37. The van der Waals surface area contributed by atoms with Crippen LogP contribution in [0.5, 0.6) is 0 Å². The van der Waals surface area contributed by atoms with E-state index < -0.39 is 0 Å². The van der Waals surface area contributed by atoms with Crippen molar-refractivity contribution >= 4 is 0 Å². The topological polar surface area (TPSA) is 47.7 Å². The summed E-state index contributed by atoms with van der Waals surface area (Å²) >= 11 is 0. The van der Waals surface area contributed by atoms with E-state index in [1.54, 1.807) is 0 Å². The Labute approximate surface area is 114 Å². The Hall–Kier alpha value is -1.62. The maximum absolute atomic E-state index is 4.52. The standard InChI is InChI=1S/C14H23N5/c1-5-18-10-12(9-16-18)8-13(15-4)14-7-11(3)17-19(14)6-2/h7,9-10,13,15H,5-6,8H2,1-4H3. The molecule has 0 aliphatic rings. The predicted octanol–water partition coefficient (Wildman–Crippen LogP) is 1.93. The molecule has 104 valence electrons. The van der Waals surface area contributed by atoms with Crippen molar-refractivity contribution in [3.8, 4) is 0 Å². The summed E-state index contributed by atoms with van der Waals surface area (Å²) in [5.74, 6) is 0. The van der Waals surface area contributed by atoms with Crippen molar-refractivity contribution in [2.45, 2.75) is 46.3 Å². The van der Waals surface area contributed by atoms with E-state index in [9.17, 15) is 0 Å². The minimum Gasteiger partial charge on any atom is -0.311 e. The summed E-state index contributed by atoms with van der Waals surface area (Å²) < 4.78 is 4.03. The summed E-state index contributed by atoms with van der Waals surface area (Å²) in [5.41, 5.74) is 3.57. The molecule has 0 aromatic carbocycles. The molecule has 2 rings (SSSR count). The van der Waals surface area contributed by atoms with Crippen molar-refractivity contribution in [3.05, 3.63) is 35.4 Å². The van der Waals surface area contributed by atoms with Crippen LogP contribution in [-0.2, 0) is 19.5 Å². The second kappa shape index (κ2) is 6.02. The van der Waals surface area contributed by atoms with Crippen LogP contribution in [0.3, 0.4) is 0 Å². The van der Waals surface area contributed by atoms with Gasteiger partial charge in [-0.1, -0.05) is 0 Å². The lowest BCUT2D eigenvalue weighted by Gasteiger charge is -2.16. The van der Waals surface area contributed by atoms with Crippen LogP contribution in [0.1, 0.15) is 36.8 Å². The van der Waals surface area contributed by atoms with Crippen LogP contribution < -0.4 is 5.32 Å². The van der Waals surface area contributed by atoms with Crippen LogP contribution in [0.4, 0.5) is 0 Å². The zero-order valence-corrected chi connectivity index (χ0v) is 12.2. The van der Waals surface area contributed by atoms with Crippen molar-refractivity contribution in [2.24, 2.45) is 0 Å². The number of hydrogen-bond acceptors (Lipinski definition) is 3. The molecule has 0 spiro atoms. The highest BCUT2D eigenvalue weighted by Crippen LogP contribution is 2.19. The number of aromatic nitrogens is 4. The van der Waals surface area contributed by atoms with Crippen LogP contribution in [0.2, 0.25) is 0 Å². The van der Waals surface area contributed by atoms with E-state index in [-0.39, 0.29) is 6.04 Å². The Balaban J connectivity index is 2.19. The van der Waals surface area contributed by atoms with Crippen molar-refractivity contribution in [1.82, 2.24) is 24.9 Å². The monoisotopic (exact) mass is 261 g/mol. The first kappa shape index (κ1) is 13.8. The Morgan fingerprint density at radius 1 is 1.32 bits per heavy atom. The summed E-state index contributed by atoms with van der Waals surface area (Å²) in [5, 5.41) is 12.2. The lowest BCUT2D eigenvalue weighted by molar-refractivity contribution is 0.512. The third kappa shape index (κ3) is 3.04. The van der Waals surface area contributed by atoms with Gasteiger partial charge in [0.05, 0.1) is 23.6 Å². The lowest BCUT2D eigenvalue weighted by atomic mass is 10.1. The molecule has 0 aliphatic carbocycles. The Kier molecular flexibility index (Phi) is 4.37. The molecule has 2 aromatic rings. The molecular weight excluding hydrogens is 238 g/mol. The van der Waals surface area contributed by atoms with Gasteiger partial charge in [0, 0.05) is 19.3 Å². The molecule has 0 aliphatic heterocycles. The van der Waals surface area contributed by atoms with E-state index in [0.717, 1.165) is 25.2 Å². The van der Waals surface area contributed by atoms with E-state index in [4.69, 9.17) is 0 Å². The van der Waals surface area contributed by atoms with Gasteiger partial charge in [-0.2, -0.15) is 10.2 Å². The molecule has 19 heavy (non-hydrogen) atoms. The SMILES string of the molecule is CCn1cc(CC(NC)c2cc(C)nn2CC)cn1. The molecule has 0 radical (unpaired) electrons. The minimum absolute atomic E-state index is 0.274. The maximum Gasteiger partial charge on any atom is 0.0597 e. The Morgan fingerprint density at radius 3 is 2.68 bits per heavy atom. The van der Waals surface area contributed by atoms with Gasteiger partial charge in [-0.3, -0.25) is 9.36 Å². The molecule has 1 atom stereocenters. The number of aryl methyl sites for hydroxylation is 3. The van der Waals surface area contributed by atoms with Gasteiger partial charge in [0.15, 0.2) is 0 Å². The van der Waals surface area contributed by atoms with Crippen molar-refractivity contribution in [3.63, 3.8) is 0 Å². The quantitative estimate of drug-likeness (QED) is 0.864. The fourth-order valence-corrected chi connectivity index (χ4v) is 2.37. The second-order valence-corrected chi connectivity index (χ2v) is 4.78. The molecule has 0 amide bonds. The third-order valence-electron chi connectivity index (χ3n) is 3.39. The number of nitrogens with zero attached hydrogens (tertiary/aromatic N) is 4. The average molecular weight is 261 g/mol. The maximum atomic E-state index is 4.52. The smallest absolute Gasteiger partial charge is 0.0597 e. The Morgan fingerprint density at radius 2 is 2.11 bits per heavy atom. The number of likely N-dealkylation sites (N-methyl/N-ethyl adjacent to an activating group) is 1. The van der Waals surface area contributed by atoms with Gasteiger partial charge in [0.2, 0.25) is 0 Å². The van der Waals surface area contributed by atoms with Crippen molar-refractivity contribution < 1.29 is 0 Å². The molecule has 0 saturated heterocycles. The fraction of sp³-hybridized carbons (Fsp3) is 0.571. The molecule has 0 saturated carbocycles. The van der Waals surface area contributed by atoms with E-state index in [0.29, 0.717) is 0 Å². The molecular formula is C14H23N5. The van der Waals surface area contributed by atoms with Gasteiger partial charge in [-0.25, -0.2) is 0 Å². The first-order chi connectivity index (χ1) is 9.17. The van der Waals surface area contributed by atoms with E-state index in [1.165, 1.54) is 11.3 Å². The molecule has 2 heterocycles. The zero-order chi connectivity index (χ0) is 13.8. The summed E-state index contributed by atoms with van der Waals surface area (Å²) in [7, 11) is 2.00. The first-order valence-corrected chi connectivity index (χ1v) is 6.90. The summed E-state index contributed by atoms with van der Waals surface area (Å²) in [4.78, 5) is 0. The lowest BCUT2D eigenvalue weighted by Crippen LogP contribution is -2.22. The zero-order valence-electron chi connectivity index (χ0n) is 12.2. The number of hydrogen-bond donors (Lipinski definition) is 1. The highest BCUT2D eigenvalue weighted by Gasteiger charge is 2.16. The first-order valence-electron chi connectivity index (χ1n) is 6.90. The van der Waals surface area contributed by atoms with Gasteiger partial charge >= 0.3 is 0 Å². The van der Waals surface area contributed by atoms with Crippen LogP contribution in [0.15, 0.2) is 18.5 Å². The van der Waals surface area contributed by atoms with Gasteiger partial charge < -0.3 is 5.32 Å². The number of rotatable bonds is 6. The largest absolute Gasteiger partial charge is 0.311 e. The van der Waals surface area contributed by atoms with Crippen LogP contribution in [-0.4, -0.2) is 26.6 Å². The van der Waals surface area contributed by atoms with Crippen molar-refractivity contribution in [1.29, 1.82) is 0 Å². The average Bonchev–Trinajstić information content (AvgIpc) is 3.01. The summed E-state index contributed by atoms with van der Waals surface area (Å²) in [6.07, 6.45) is 5.00. The highest BCUT2D eigenvalue weighted by atomic mass is 15.3. The van der Waals surface area contributed by atoms with Gasteiger partial charge in [0.25, 0.3) is 0 Å². The number of nitrogens with one attached hydrogen (secondary N) is 1. The van der Waals surface area contributed by atoms with Crippen LogP contribution >= 0.6 is 0 Å². The van der Waals surface area contributed by atoms with Crippen molar-refractivity contribution in [2.75, 3.05) is 7.05 Å². The van der Waals surface area contributed by atoms with E-state index in [1.807, 2.05) is 24.9 Å². The summed E-state index contributed by atoms with van der Waals surface area (Å²) in [6.45, 7) is 8.07. The molecule has 5 heteroatoms. The Bertz CT molecular complexity index is 526. The molecule has 1 N–H and O–H groups in total. The van der Waals surface area contributed by atoms with Crippen LogP contribution in [0.25, 0.3) is 0 Å². The van der Waals surface area contributed by atoms with Gasteiger partial charge in [0.1, 0.15) is 0 Å².